The minimum Gasteiger partial charge on any atom is -0.396 e. The van der Waals surface area contributed by atoms with Crippen molar-refractivity contribution in [3.05, 3.63) is 35.9 Å². The third kappa shape index (κ3) is 4.19. The Hall–Kier alpha value is -1.15. The number of unbranched alkanes of at least 4 members (excludes halogenated alkanes) is 1. The maximum Gasteiger partial charge on any atom is 0.137 e. The molecule has 0 bridgehead atoms. The van der Waals surface area contributed by atoms with Crippen molar-refractivity contribution in [3.8, 4) is 0 Å². The zero-order valence-corrected chi connectivity index (χ0v) is 8.28. The van der Waals surface area contributed by atoms with E-state index in [-0.39, 0.29) is 12.4 Å². The summed E-state index contributed by atoms with van der Waals surface area (Å²) < 4.78 is 0. The Morgan fingerprint density at radius 3 is 2.50 bits per heavy atom. The van der Waals surface area contributed by atoms with Crippen molar-refractivity contribution in [3.63, 3.8) is 0 Å². The van der Waals surface area contributed by atoms with E-state index < -0.39 is 0 Å². The molecule has 0 aliphatic carbocycles. The molecule has 0 unspecified atom stereocenters. The first-order valence-electron chi connectivity index (χ1n) is 4.99. The summed E-state index contributed by atoms with van der Waals surface area (Å²) in [5.74, 6) is 0.254. The van der Waals surface area contributed by atoms with E-state index in [0.717, 1.165) is 18.4 Å². The van der Waals surface area contributed by atoms with Gasteiger partial charge in [-0.2, -0.15) is 0 Å². The van der Waals surface area contributed by atoms with E-state index >= 15 is 0 Å². The molecule has 14 heavy (non-hydrogen) atoms. The first kappa shape index (κ1) is 10.9. The van der Waals surface area contributed by atoms with Gasteiger partial charge in [-0.3, -0.25) is 4.79 Å². The van der Waals surface area contributed by atoms with E-state index in [9.17, 15) is 4.79 Å². The largest absolute Gasteiger partial charge is 0.396 e. The summed E-state index contributed by atoms with van der Waals surface area (Å²) in [6.07, 6.45) is 2.62. The third-order valence-corrected chi connectivity index (χ3v) is 2.11. The van der Waals surface area contributed by atoms with Gasteiger partial charge in [-0.15, -0.1) is 0 Å². The van der Waals surface area contributed by atoms with E-state index in [2.05, 4.69) is 0 Å². The van der Waals surface area contributed by atoms with Gasteiger partial charge in [0.25, 0.3) is 0 Å². The Labute approximate surface area is 84.6 Å². The number of rotatable bonds is 6. The fraction of sp³-hybridized carbons (Fsp3) is 0.417. The topological polar surface area (TPSA) is 37.3 Å². The van der Waals surface area contributed by atoms with Crippen molar-refractivity contribution in [2.45, 2.75) is 25.7 Å². The molecule has 1 aromatic carbocycles. The highest BCUT2D eigenvalue weighted by molar-refractivity contribution is 5.80. The highest BCUT2D eigenvalue weighted by atomic mass is 16.2. The van der Waals surface area contributed by atoms with E-state index in [4.69, 9.17) is 5.11 Å². The Balaban J connectivity index is 2.27. The number of aliphatic hydroxyl groups excluding tert-OH is 1. The van der Waals surface area contributed by atoms with Crippen molar-refractivity contribution in [1.29, 1.82) is 0 Å². The molecule has 1 aromatic rings. The molecule has 0 amide bonds. The number of carbonyl (C=O) groups is 1. The van der Waals surface area contributed by atoms with Gasteiger partial charge < -0.3 is 5.11 Å². The predicted molar refractivity (Wildman–Crippen MR) is 56.1 cm³/mol. The molecular formula is C12H16O2. The first-order valence-corrected chi connectivity index (χ1v) is 4.99. The molecule has 0 heterocycles. The van der Waals surface area contributed by atoms with Crippen molar-refractivity contribution < 1.29 is 9.90 Å². The summed E-state index contributed by atoms with van der Waals surface area (Å²) >= 11 is 0. The highest BCUT2D eigenvalue weighted by Crippen LogP contribution is 2.04. The van der Waals surface area contributed by atoms with Gasteiger partial charge >= 0.3 is 0 Å². The number of benzene rings is 1. The van der Waals surface area contributed by atoms with Crippen LogP contribution < -0.4 is 0 Å². The van der Waals surface area contributed by atoms with Crippen molar-refractivity contribution >= 4 is 5.78 Å². The SMILES string of the molecule is O=C(CCCCO)Cc1ccccc1. The average molecular weight is 192 g/mol. The summed E-state index contributed by atoms with van der Waals surface area (Å²) in [5.41, 5.74) is 1.07. The number of hydrogen-bond donors (Lipinski definition) is 1. The molecule has 0 aliphatic heterocycles. The molecule has 1 N–H and O–H groups in total. The standard InChI is InChI=1S/C12H16O2/c13-9-5-4-8-12(14)10-11-6-2-1-3-7-11/h1-3,6-7,13H,4-5,8-10H2. The van der Waals surface area contributed by atoms with Gasteiger partial charge in [0.2, 0.25) is 0 Å². The summed E-state index contributed by atoms with van der Waals surface area (Å²) in [4.78, 5) is 11.4. The van der Waals surface area contributed by atoms with E-state index in [1.54, 1.807) is 0 Å². The van der Waals surface area contributed by atoms with Crippen LogP contribution in [-0.2, 0) is 11.2 Å². The molecule has 0 saturated carbocycles. The molecule has 1 rings (SSSR count). The van der Waals surface area contributed by atoms with Gasteiger partial charge in [0.05, 0.1) is 0 Å². The molecule has 2 heteroatoms. The molecule has 0 saturated heterocycles. The summed E-state index contributed by atoms with van der Waals surface area (Å²) in [6.45, 7) is 0.179. The highest BCUT2D eigenvalue weighted by Gasteiger charge is 2.02. The molecule has 2 nitrogen and oxygen atoms in total. The maximum absolute atomic E-state index is 11.4. The van der Waals surface area contributed by atoms with Gasteiger partial charge in [0, 0.05) is 19.4 Å². The summed E-state index contributed by atoms with van der Waals surface area (Å²) in [7, 11) is 0. The molecular weight excluding hydrogens is 176 g/mol. The van der Waals surface area contributed by atoms with Crippen LogP contribution in [-0.4, -0.2) is 17.5 Å². The Kier molecular flexibility index (Phi) is 4.94. The lowest BCUT2D eigenvalue weighted by Crippen LogP contribution is -2.02. The Bertz CT molecular complexity index is 267. The summed E-state index contributed by atoms with van der Waals surface area (Å²) in [5, 5.41) is 8.56. The molecule has 0 aromatic heterocycles. The lowest BCUT2D eigenvalue weighted by atomic mass is 10.1. The normalized spacial score (nSPS) is 10.1. The minimum atomic E-state index is 0.179. The van der Waals surface area contributed by atoms with Crippen LogP contribution in [0.15, 0.2) is 30.3 Å². The van der Waals surface area contributed by atoms with Crippen LogP contribution in [0.25, 0.3) is 0 Å². The third-order valence-electron chi connectivity index (χ3n) is 2.11. The fourth-order valence-electron chi connectivity index (χ4n) is 1.35. The minimum absolute atomic E-state index is 0.179. The number of ketones is 1. The smallest absolute Gasteiger partial charge is 0.137 e. The van der Waals surface area contributed by atoms with Gasteiger partial charge in [0.1, 0.15) is 5.78 Å². The lowest BCUT2D eigenvalue weighted by molar-refractivity contribution is -0.118. The average Bonchev–Trinajstić information content (AvgIpc) is 2.20. The van der Waals surface area contributed by atoms with Crippen molar-refractivity contribution in [2.75, 3.05) is 6.61 Å². The quantitative estimate of drug-likeness (QED) is 0.699. The van der Waals surface area contributed by atoms with Crippen molar-refractivity contribution in [1.82, 2.24) is 0 Å². The Morgan fingerprint density at radius 2 is 1.86 bits per heavy atom. The van der Waals surface area contributed by atoms with Crippen LogP contribution in [0.2, 0.25) is 0 Å². The van der Waals surface area contributed by atoms with E-state index in [0.29, 0.717) is 12.8 Å². The van der Waals surface area contributed by atoms with Gasteiger partial charge in [0.15, 0.2) is 0 Å². The van der Waals surface area contributed by atoms with Gasteiger partial charge in [-0.25, -0.2) is 0 Å². The number of carbonyl (C=O) groups excluding carboxylic acids is 1. The number of Topliss-reactive ketones (excluding diaryl/α,β-unsaturated/α-hetero) is 1. The second-order valence-electron chi connectivity index (χ2n) is 3.38. The molecule has 0 aliphatic rings. The number of aliphatic hydroxyl groups is 1. The molecule has 0 atom stereocenters. The molecule has 0 spiro atoms. The maximum atomic E-state index is 11.4. The van der Waals surface area contributed by atoms with Crippen molar-refractivity contribution in [2.24, 2.45) is 0 Å². The Morgan fingerprint density at radius 1 is 1.14 bits per heavy atom. The van der Waals surface area contributed by atoms with Crippen LogP contribution in [0.5, 0.6) is 0 Å². The predicted octanol–water partition coefficient (Wildman–Crippen LogP) is 1.96. The second kappa shape index (κ2) is 6.33. The zero-order chi connectivity index (χ0) is 10.2. The molecule has 0 radical (unpaired) electrons. The zero-order valence-electron chi connectivity index (χ0n) is 8.28. The van der Waals surface area contributed by atoms with Gasteiger partial charge in [-0.1, -0.05) is 30.3 Å². The van der Waals surface area contributed by atoms with Gasteiger partial charge in [-0.05, 0) is 18.4 Å². The van der Waals surface area contributed by atoms with Crippen LogP contribution >= 0.6 is 0 Å². The molecule has 76 valence electrons. The van der Waals surface area contributed by atoms with E-state index in [1.165, 1.54) is 0 Å². The fourth-order valence-corrected chi connectivity index (χ4v) is 1.35. The monoisotopic (exact) mass is 192 g/mol. The number of hydrogen-bond acceptors (Lipinski definition) is 2. The van der Waals surface area contributed by atoms with Crippen LogP contribution in [0, 0.1) is 0 Å². The first-order chi connectivity index (χ1) is 6.83. The molecule has 0 fully saturated rings. The lowest BCUT2D eigenvalue weighted by Gasteiger charge is -2.00. The van der Waals surface area contributed by atoms with Crippen LogP contribution in [0.1, 0.15) is 24.8 Å². The second-order valence-corrected chi connectivity index (χ2v) is 3.38. The van der Waals surface area contributed by atoms with Crippen LogP contribution in [0.4, 0.5) is 0 Å². The van der Waals surface area contributed by atoms with E-state index in [1.807, 2.05) is 30.3 Å². The summed E-state index contributed by atoms with van der Waals surface area (Å²) in [6, 6.07) is 9.75. The van der Waals surface area contributed by atoms with Crippen LogP contribution in [0.3, 0.4) is 0 Å².